The topological polar surface area (TPSA) is 64.4 Å². The first-order chi connectivity index (χ1) is 14.8. The van der Waals surface area contributed by atoms with Crippen LogP contribution in [0.2, 0.25) is 5.02 Å². The highest BCUT2D eigenvalue weighted by atomic mass is 35.5. The molecule has 2 aromatic carbocycles. The van der Waals surface area contributed by atoms with Gasteiger partial charge in [0.1, 0.15) is 0 Å². The molecule has 3 aromatic rings. The fourth-order valence-corrected chi connectivity index (χ4v) is 5.46. The van der Waals surface area contributed by atoms with E-state index in [-0.39, 0.29) is 0 Å². The largest absolute Gasteiger partial charge is 0.370 e. The fraction of sp³-hybridized carbons (Fsp3) is 0.348. The molecule has 8 heteroatoms. The number of hydrogen-bond donors (Lipinski definition) is 0. The first-order valence-corrected chi connectivity index (χ1v) is 12.0. The molecule has 4 rings (SSSR count). The van der Waals surface area contributed by atoms with Crippen LogP contribution in [0.5, 0.6) is 0 Å². The number of sulfonamides is 1. The first-order valence-electron chi connectivity index (χ1n) is 10.2. The lowest BCUT2D eigenvalue weighted by atomic mass is 10.1. The van der Waals surface area contributed by atoms with Gasteiger partial charge in [0.15, 0.2) is 0 Å². The minimum absolute atomic E-state index is 0.304. The molecule has 0 N–H and O–H groups in total. The molecule has 0 saturated heterocycles. The Morgan fingerprint density at radius 2 is 1.81 bits per heavy atom. The summed E-state index contributed by atoms with van der Waals surface area (Å²) in [4.78, 5) is 0.337. The van der Waals surface area contributed by atoms with E-state index in [4.69, 9.17) is 16.3 Å². The van der Waals surface area contributed by atoms with Crippen molar-refractivity contribution in [3.63, 3.8) is 0 Å². The van der Waals surface area contributed by atoms with Gasteiger partial charge in [-0.2, -0.15) is 9.40 Å². The molecule has 6 nitrogen and oxygen atoms in total. The second-order valence-corrected chi connectivity index (χ2v) is 10.3. The van der Waals surface area contributed by atoms with Crippen molar-refractivity contribution in [2.75, 3.05) is 6.54 Å². The van der Waals surface area contributed by atoms with Gasteiger partial charge in [-0.25, -0.2) is 8.42 Å². The average Bonchev–Trinajstić information content (AvgIpc) is 3.06. The molecule has 0 fully saturated rings. The van der Waals surface area contributed by atoms with Crippen molar-refractivity contribution < 1.29 is 13.2 Å². The van der Waals surface area contributed by atoms with Gasteiger partial charge in [0.05, 0.1) is 23.8 Å². The third kappa shape index (κ3) is 4.55. The highest BCUT2D eigenvalue weighted by molar-refractivity contribution is 7.89. The number of halogens is 1. The zero-order valence-electron chi connectivity index (χ0n) is 17.9. The summed E-state index contributed by atoms with van der Waals surface area (Å²) in [6.07, 6.45) is 0.625. The summed E-state index contributed by atoms with van der Waals surface area (Å²) in [6, 6.07) is 12.8. The smallest absolute Gasteiger partial charge is 0.243 e. The van der Waals surface area contributed by atoms with Crippen LogP contribution in [0.1, 0.15) is 33.6 Å². The zero-order valence-corrected chi connectivity index (χ0v) is 19.5. The molecule has 0 saturated carbocycles. The van der Waals surface area contributed by atoms with Crippen LogP contribution in [0.3, 0.4) is 0 Å². The second-order valence-electron chi connectivity index (χ2n) is 7.95. The van der Waals surface area contributed by atoms with Crippen LogP contribution in [0.15, 0.2) is 47.4 Å². The van der Waals surface area contributed by atoms with Crippen molar-refractivity contribution in [3.8, 4) is 0 Å². The summed E-state index contributed by atoms with van der Waals surface area (Å²) in [7, 11) is -1.68. The van der Waals surface area contributed by atoms with Gasteiger partial charge in [0.25, 0.3) is 0 Å². The Labute approximate surface area is 188 Å². The summed E-state index contributed by atoms with van der Waals surface area (Å²) in [5.41, 5.74) is 5.86. The first kappa shape index (κ1) is 22.0. The number of hydrogen-bond acceptors (Lipinski definition) is 4. The quantitative estimate of drug-likeness (QED) is 0.555. The van der Waals surface area contributed by atoms with E-state index in [1.165, 1.54) is 0 Å². The molecule has 0 radical (unpaired) electrons. The molecule has 0 aliphatic carbocycles. The van der Waals surface area contributed by atoms with Gasteiger partial charge in [-0.05, 0) is 54.8 Å². The number of nitrogens with zero attached hydrogens (tertiary/aromatic N) is 3. The average molecular weight is 460 g/mol. The lowest BCUT2D eigenvalue weighted by molar-refractivity contribution is 0.103. The maximum absolute atomic E-state index is 13.3. The Balaban J connectivity index is 1.51. The van der Waals surface area contributed by atoms with Crippen molar-refractivity contribution in [3.05, 3.63) is 81.1 Å². The molecule has 1 aliphatic heterocycles. The molecule has 1 aliphatic rings. The summed E-state index contributed by atoms with van der Waals surface area (Å²) in [5, 5.41) is 5.29. The van der Waals surface area contributed by atoms with Crippen LogP contribution >= 0.6 is 11.6 Å². The summed E-state index contributed by atoms with van der Waals surface area (Å²) >= 11 is 5.93. The summed E-state index contributed by atoms with van der Waals surface area (Å²) < 4.78 is 35.8. The number of rotatable bonds is 6. The van der Waals surface area contributed by atoms with E-state index < -0.39 is 10.0 Å². The number of benzene rings is 2. The van der Waals surface area contributed by atoms with Gasteiger partial charge in [-0.1, -0.05) is 29.8 Å². The number of ether oxygens (including phenoxy) is 1. The fourth-order valence-electron chi connectivity index (χ4n) is 3.84. The minimum Gasteiger partial charge on any atom is -0.370 e. The maximum atomic E-state index is 13.3. The van der Waals surface area contributed by atoms with Crippen molar-refractivity contribution in [1.29, 1.82) is 0 Å². The minimum atomic E-state index is -3.58. The van der Waals surface area contributed by atoms with Gasteiger partial charge in [-0.3, -0.25) is 4.68 Å². The predicted octanol–water partition coefficient (Wildman–Crippen LogP) is 4.15. The molecule has 0 amide bonds. The molecule has 31 heavy (non-hydrogen) atoms. The van der Waals surface area contributed by atoms with Crippen molar-refractivity contribution >= 4 is 21.6 Å². The van der Waals surface area contributed by atoms with E-state index in [0.717, 1.165) is 33.6 Å². The van der Waals surface area contributed by atoms with Crippen LogP contribution in [-0.4, -0.2) is 29.0 Å². The molecular formula is C23H26ClN3O3S. The lowest BCUT2D eigenvalue weighted by Gasteiger charge is -2.27. The highest BCUT2D eigenvalue weighted by Gasteiger charge is 2.32. The van der Waals surface area contributed by atoms with Gasteiger partial charge >= 0.3 is 0 Å². The van der Waals surface area contributed by atoms with Gasteiger partial charge in [0.2, 0.25) is 10.0 Å². The molecule has 0 spiro atoms. The summed E-state index contributed by atoms with van der Waals surface area (Å²) in [5.74, 6) is 0. The molecule has 0 bridgehead atoms. The Morgan fingerprint density at radius 3 is 2.52 bits per heavy atom. The molecule has 1 aromatic heterocycles. The van der Waals surface area contributed by atoms with Gasteiger partial charge < -0.3 is 4.74 Å². The van der Waals surface area contributed by atoms with E-state index in [9.17, 15) is 8.42 Å². The summed E-state index contributed by atoms with van der Waals surface area (Å²) in [6.45, 7) is 5.41. The Morgan fingerprint density at radius 1 is 1.06 bits per heavy atom. The van der Waals surface area contributed by atoms with E-state index >= 15 is 0 Å². The van der Waals surface area contributed by atoms with E-state index in [1.807, 2.05) is 55.9 Å². The van der Waals surface area contributed by atoms with E-state index in [1.54, 1.807) is 16.4 Å². The third-order valence-electron chi connectivity index (χ3n) is 5.83. The normalized spacial score (nSPS) is 14.6. The van der Waals surface area contributed by atoms with Crippen LogP contribution in [0.4, 0.5) is 0 Å². The standard InChI is InChI=1S/C23H26ClN3O3S/c1-16-4-9-20(12-17(16)2)31(28,29)27-11-10-23-21(13-27)22(25-26(23)3)15-30-14-18-5-7-19(24)8-6-18/h4-9,12H,10-11,13-15H2,1-3H3. The lowest BCUT2D eigenvalue weighted by Crippen LogP contribution is -2.36. The van der Waals surface area contributed by atoms with E-state index in [2.05, 4.69) is 5.10 Å². The Bertz CT molecular complexity index is 1200. The van der Waals surface area contributed by atoms with Crippen LogP contribution < -0.4 is 0 Å². The Hall–Kier alpha value is -2.19. The van der Waals surface area contributed by atoms with Crippen molar-refractivity contribution in [1.82, 2.24) is 14.1 Å². The molecule has 0 unspecified atom stereocenters. The molecule has 164 valence electrons. The van der Waals surface area contributed by atoms with Crippen LogP contribution in [-0.2, 0) is 48.0 Å². The zero-order chi connectivity index (χ0) is 22.2. The second kappa shape index (κ2) is 8.74. The third-order valence-corrected chi connectivity index (χ3v) is 7.92. The molecular weight excluding hydrogens is 434 g/mol. The molecule has 0 atom stereocenters. The number of aryl methyl sites for hydroxylation is 3. The van der Waals surface area contributed by atoms with Gasteiger partial charge in [0, 0.05) is 42.8 Å². The number of fused-ring (bicyclic) bond motifs is 1. The van der Waals surface area contributed by atoms with Crippen LogP contribution in [0.25, 0.3) is 0 Å². The number of aromatic nitrogens is 2. The predicted molar refractivity (Wildman–Crippen MR) is 120 cm³/mol. The monoisotopic (exact) mass is 459 g/mol. The Kier molecular flexibility index (Phi) is 6.21. The van der Waals surface area contributed by atoms with E-state index in [0.29, 0.717) is 42.6 Å². The van der Waals surface area contributed by atoms with Crippen molar-refractivity contribution in [2.45, 2.75) is 44.9 Å². The SMILES string of the molecule is Cc1ccc(S(=O)(=O)N2CCc3c(c(COCc4ccc(Cl)cc4)nn3C)C2)cc1C. The highest BCUT2D eigenvalue weighted by Crippen LogP contribution is 2.28. The van der Waals surface area contributed by atoms with Crippen LogP contribution in [0, 0.1) is 13.8 Å². The molecule has 2 heterocycles. The van der Waals surface area contributed by atoms with Crippen molar-refractivity contribution in [2.24, 2.45) is 7.05 Å². The maximum Gasteiger partial charge on any atom is 0.243 e. The van der Waals surface area contributed by atoms with Gasteiger partial charge in [-0.15, -0.1) is 0 Å².